The highest BCUT2D eigenvalue weighted by molar-refractivity contribution is 6.37. The molecule has 0 saturated heterocycles. The lowest BCUT2D eigenvalue weighted by atomic mass is 10.1. The van der Waals surface area contributed by atoms with Gasteiger partial charge in [-0.25, -0.2) is 10.2 Å². The predicted molar refractivity (Wildman–Crippen MR) is 99.9 cm³/mol. The van der Waals surface area contributed by atoms with E-state index in [1.165, 1.54) is 0 Å². The minimum Gasteiger partial charge on any atom is -0.443 e. The van der Waals surface area contributed by atoms with Crippen LogP contribution in [0.25, 0.3) is 0 Å². The SMILES string of the molecule is Cc1ccc(NC(=O)[C@H](OC(=O)C2=NNC(=O)CC2)c2ccccc2)cc1. The Hall–Kier alpha value is -3.48. The number of carbonyl (C=O) groups is 3. The van der Waals surface area contributed by atoms with Gasteiger partial charge in [0, 0.05) is 24.1 Å². The Kier molecular flexibility index (Phi) is 5.61. The maximum Gasteiger partial charge on any atom is 0.355 e. The number of hydrogen-bond acceptors (Lipinski definition) is 5. The summed E-state index contributed by atoms with van der Waals surface area (Å²) in [6.45, 7) is 1.95. The van der Waals surface area contributed by atoms with Gasteiger partial charge in [-0.1, -0.05) is 48.0 Å². The van der Waals surface area contributed by atoms with Gasteiger partial charge < -0.3 is 10.1 Å². The van der Waals surface area contributed by atoms with E-state index in [-0.39, 0.29) is 24.5 Å². The Balaban J connectivity index is 1.78. The number of nitrogens with one attached hydrogen (secondary N) is 2. The van der Waals surface area contributed by atoms with Crippen molar-refractivity contribution < 1.29 is 19.1 Å². The van der Waals surface area contributed by atoms with E-state index >= 15 is 0 Å². The average molecular weight is 365 g/mol. The molecular weight excluding hydrogens is 346 g/mol. The molecule has 2 amide bonds. The largest absolute Gasteiger partial charge is 0.443 e. The molecule has 2 N–H and O–H groups in total. The van der Waals surface area contributed by atoms with Crippen LogP contribution in [0.3, 0.4) is 0 Å². The van der Waals surface area contributed by atoms with E-state index in [1.807, 2.05) is 19.1 Å². The van der Waals surface area contributed by atoms with Crippen LogP contribution < -0.4 is 10.7 Å². The van der Waals surface area contributed by atoms with Gasteiger partial charge in [0.05, 0.1) is 0 Å². The zero-order valence-electron chi connectivity index (χ0n) is 14.8. The first kappa shape index (κ1) is 18.3. The van der Waals surface area contributed by atoms with Crippen molar-refractivity contribution in [3.05, 3.63) is 65.7 Å². The molecule has 1 atom stereocenters. The molecule has 2 aromatic rings. The summed E-state index contributed by atoms with van der Waals surface area (Å²) in [6, 6.07) is 16.0. The molecule has 0 bridgehead atoms. The molecule has 1 aliphatic rings. The maximum absolute atomic E-state index is 12.8. The van der Waals surface area contributed by atoms with E-state index in [2.05, 4.69) is 15.8 Å². The smallest absolute Gasteiger partial charge is 0.355 e. The van der Waals surface area contributed by atoms with Crippen LogP contribution in [0.2, 0.25) is 0 Å². The quantitative estimate of drug-likeness (QED) is 0.796. The van der Waals surface area contributed by atoms with Crippen LogP contribution in [0.15, 0.2) is 59.7 Å². The van der Waals surface area contributed by atoms with Gasteiger partial charge in [0.15, 0.2) is 0 Å². The molecule has 1 heterocycles. The number of esters is 1. The highest BCUT2D eigenvalue weighted by atomic mass is 16.5. The lowest BCUT2D eigenvalue weighted by Crippen LogP contribution is -2.33. The van der Waals surface area contributed by atoms with Gasteiger partial charge in [0.25, 0.3) is 5.91 Å². The Morgan fingerprint density at radius 1 is 1.07 bits per heavy atom. The number of amides is 2. The molecule has 3 rings (SSSR count). The fourth-order valence-electron chi connectivity index (χ4n) is 2.54. The summed E-state index contributed by atoms with van der Waals surface area (Å²) in [5, 5.41) is 6.48. The van der Waals surface area contributed by atoms with Crippen LogP contribution in [-0.2, 0) is 19.1 Å². The number of nitrogens with zero attached hydrogens (tertiary/aromatic N) is 1. The Morgan fingerprint density at radius 3 is 2.41 bits per heavy atom. The summed E-state index contributed by atoms with van der Waals surface area (Å²) in [6.07, 6.45) is -0.814. The second-order valence-corrected chi connectivity index (χ2v) is 6.14. The van der Waals surface area contributed by atoms with Crippen molar-refractivity contribution >= 4 is 29.2 Å². The van der Waals surface area contributed by atoms with E-state index in [4.69, 9.17) is 4.74 Å². The van der Waals surface area contributed by atoms with Crippen LogP contribution in [-0.4, -0.2) is 23.5 Å². The van der Waals surface area contributed by atoms with Gasteiger partial charge in [-0.15, -0.1) is 0 Å². The minimum absolute atomic E-state index is 0.0821. The van der Waals surface area contributed by atoms with Crippen LogP contribution >= 0.6 is 0 Å². The second kappa shape index (κ2) is 8.27. The average Bonchev–Trinajstić information content (AvgIpc) is 2.69. The number of ether oxygens (including phenoxy) is 1. The summed E-state index contributed by atoms with van der Waals surface area (Å²) in [5.41, 5.74) is 4.54. The van der Waals surface area contributed by atoms with Crippen LogP contribution in [0.5, 0.6) is 0 Å². The van der Waals surface area contributed by atoms with Crippen LogP contribution in [0.1, 0.15) is 30.1 Å². The molecule has 7 nitrogen and oxygen atoms in total. The number of anilines is 1. The first-order valence-electron chi connectivity index (χ1n) is 8.52. The van der Waals surface area contributed by atoms with Gasteiger partial charge in [0.2, 0.25) is 12.0 Å². The summed E-state index contributed by atoms with van der Waals surface area (Å²) in [7, 11) is 0. The summed E-state index contributed by atoms with van der Waals surface area (Å²) in [4.78, 5) is 36.4. The number of carbonyl (C=O) groups excluding carboxylic acids is 3. The second-order valence-electron chi connectivity index (χ2n) is 6.14. The third kappa shape index (κ3) is 4.78. The van der Waals surface area contributed by atoms with Gasteiger partial charge in [-0.3, -0.25) is 9.59 Å². The first-order valence-corrected chi connectivity index (χ1v) is 8.52. The number of benzene rings is 2. The molecule has 7 heteroatoms. The molecule has 0 aliphatic carbocycles. The standard InChI is InChI=1S/C20H19N3O4/c1-13-7-9-15(10-8-13)21-19(25)18(14-5-3-2-4-6-14)27-20(26)16-11-12-17(24)23-22-16/h2-10,18H,11-12H2,1H3,(H,21,25)(H,23,24)/t18-/m1/s1. The third-order valence-corrected chi connectivity index (χ3v) is 4.02. The Morgan fingerprint density at radius 2 is 1.78 bits per heavy atom. The maximum atomic E-state index is 12.8. The third-order valence-electron chi connectivity index (χ3n) is 4.02. The zero-order valence-corrected chi connectivity index (χ0v) is 14.8. The van der Waals surface area contributed by atoms with Crippen molar-refractivity contribution in [1.82, 2.24) is 5.43 Å². The van der Waals surface area contributed by atoms with Gasteiger partial charge in [0.1, 0.15) is 5.71 Å². The zero-order chi connectivity index (χ0) is 19.2. The highest BCUT2D eigenvalue weighted by Crippen LogP contribution is 2.21. The van der Waals surface area contributed by atoms with E-state index in [9.17, 15) is 14.4 Å². The minimum atomic E-state index is -1.14. The predicted octanol–water partition coefficient (Wildman–Crippen LogP) is 2.48. The highest BCUT2D eigenvalue weighted by Gasteiger charge is 2.28. The first-order chi connectivity index (χ1) is 13.0. The van der Waals surface area contributed by atoms with Crippen molar-refractivity contribution in [2.24, 2.45) is 5.10 Å². The van der Waals surface area contributed by atoms with Gasteiger partial charge in [-0.05, 0) is 19.1 Å². The summed E-state index contributed by atoms with van der Waals surface area (Å²) in [5.74, 6) is -1.47. The Bertz CT molecular complexity index is 876. The van der Waals surface area contributed by atoms with E-state index < -0.39 is 18.0 Å². The molecule has 0 radical (unpaired) electrons. The summed E-state index contributed by atoms with van der Waals surface area (Å²) >= 11 is 0. The fraction of sp³-hybridized carbons (Fsp3) is 0.200. The molecule has 1 aliphatic heterocycles. The van der Waals surface area contributed by atoms with Gasteiger partial charge >= 0.3 is 5.97 Å². The van der Waals surface area contributed by atoms with Crippen LogP contribution in [0.4, 0.5) is 5.69 Å². The Labute approximate surface area is 156 Å². The molecule has 0 fully saturated rings. The monoisotopic (exact) mass is 365 g/mol. The molecule has 0 aromatic heterocycles. The molecule has 0 unspecified atom stereocenters. The molecule has 2 aromatic carbocycles. The molecule has 27 heavy (non-hydrogen) atoms. The normalized spacial score (nSPS) is 14.6. The van der Waals surface area contributed by atoms with E-state index in [0.717, 1.165) is 5.56 Å². The molecule has 0 spiro atoms. The number of hydrogen-bond donors (Lipinski definition) is 2. The van der Waals surface area contributed by atoms with Crippen molar-refractivity contribution in [3.8, 4) is 0 Å². The van der Waals surface area contributed by atoms with E-state index in [1.54, 1.807) is 42.5 Å². The van der Waals surface area contributed by atoms with Crippen LogP contribution in [0, 0.1) is 6.92 Å². The van der Waals surface area contributed by atoms with E-state index in [0.29, 0.717) is 11.3 Å². The molecule has 138 valence electrons. The number of hydrazone groups is 1. The lowest BCUT2D eigenvalue weighted by molar-refractivity contribution is -0.148. The van der Waals surface area contributed by atoms with Gasteiger partial charge in [-0.2, -0.15) is 5.10 Å². The van der Waals surface area contributed by atoms with Crippen molar-refractivity contribution in [3.63, 3.8) is 0 Å². The molecular formula is C20H19N3O4. The number of rotatable bonds is 5. The van der Waals surface area contributed by atoms with Crippen molar-refractivity contribution in [1.29, 1.82) is 0 Å². The van der Waals surface area contributed by atoms with Crippen molar-refractivity contribution in [2.45, 2.75) is 25.9 Å². The lowest BCUT2D eigenvalue weighted by Gasteiger charge is -2.19. The number of aryl methyl sites for hydroxylation is 1. The van der Waals surface area contributed by atoms with Crippen molar-refractivity contribution in [2.75, 3.05) is 5.32 Å². The topological polar surface area (TPSA) is 96.9 Å². The fourth-order valence-corrected chi connectivity index (χ4v) is 2.54. The molecule has 0 saturated carbocycles. The summed E-state index contributed by atoms with van der Waals surface area (Å²) < 4.78 is 5.44.